The van der Waals surface area contributed by atoms with Gasteiger partial charge in [-0.05, 0) is 36.8 Å². The minimum Gasteiger partial charge on any atom is -0.329 e. The number of benzene rings is 1. The number of hydrogen-bond acceptors (Lipinski definition) is 4. The molecule has 0 amide bonds. The van der Waals surface area contributed by atoms with Crippen LogP contribution < -0.4 is 0 Å². The van der Waals surface area contributed by atoms with E-state index in [2.05, 4.69) is 14.7 Å². The number of carbonyl (C=O) groups excluding carboxylic acids is 1. The van der Waals surface area contributed by atoms with Crippen molar-refractivity contribution in [2.24, 2.45) is 11.8 Å². The summed E-state index contributed by atoms with van der Waals surface area (Å²) in [4.78, 5) is 15.6. The molecule has 1 saturated carbocycles. The average Bonchev–Trinajstić information content (AvgIpc) is 3.22. The van der Waals surface area contributed by atoms with Gasteiger partial charge in [0.2, 0.25) is 5.82 Å². The Kier molecular flexibility index (Phi) is 4.38. The second-order valence-corrected chi connectivity index (χ2v) is 6.46. The van der Waals surface area contributed by atoms with E-state index in [-0.39, 0.29) is 22.2 Å². The summed E-state index contributed by atoms with van der Waals surface area (Å²) < 4.78 is 41.7. The molecule has 1 aromatic carbocycles. The number of aromatic nitrogens is 2. The predicted octanol–water partition coefficient (Wildman–Crippen LogP) is 5.03. The van der Waals surface area contributed by atoms with E-state index >= 15 is 0 Å². The highest BCUT2D eigenvalue weighted by molar-refractivity contribution is 6.34. The number of carbonyl (C=O) groups is 1. The quantitative estimate of drug-likeness (QED) is 0.703. The third-order valence-electron chi connectivity index (χ3n) is 4.13. The number of hydrogen-bond donors (Lipinski definition) is 0. The molecule has 24 heavy (non-hydrogen) atoms. The largest absolute Gasteiger partial charge is 0.471 e. The average molecular weight is 359 g/mol. The Hall–Kier alpha value is -1.89. The van der Waals surface area contributed by atoms with Crippen molar-refractivity contribution < 1.29 is 22.5 Å². The smallest absolute Gasteiger partial charge is 0.329 e. The third kappa shape index (κ3) is 3.61. The molecule has 1 aliphatic carbocycles. The van der Waals surface area contributed by atoms with E-state index < -0.39 is 12.1 Å². The summed E-state index contributed by atoms with van der Waals surface area (Å²) in [6.07, 6.45) is -1.99. The monoisotopic (exact) mass is 358 g/mol. The number of alkyl halides is 3. The molecule has 1 atom stereocenters. The van der Waals surface area contributed by atoms with E-state index in [1.165, 1.54) is 18.2 Å². The van der Waals surface area contributed by atoms with E-state index in [4.69, 9.17) is 11.6 Å². The Balaban J connectivity index is 1.79. The first-order valence-electron chi connectivity index (χ1n) is 7.49. The Bertz CT molecular complexity index is 769. The molecule has 0 bridgehead atoms. The van der Waals surface area contributed by atoms with Gasteiger partial charge in [0, 0.05) is 17.5 Å². The maximum Gasteiger partial charge on any atom is 0.471 e. The number of rotatable bonds is 5. The first-order chi connectivity index (χ1) is 11.3. The summed E-state index contributed by atoms with van der Waals surface area (Å²) in [5, 5.41) is 3.46. The topological polar surface area (TPSA) is 56.0 Å². The molecule has 1 fully saturated rings. The number of halogens is 4. The molecule has 0 aliphatic heterocycles. The highest BCUT2D eigenvalue weighted by atomic mass is 35.5. The van der Waals surface area contributed by atoms with Crippen molar-refractivity contribution in [3.8, 4) is 11.4 Å². The summed E-state index contributed by atoms with van der Waals surface area (Å²) in [5.74, 6) is -0.816. The Labute approximate surface area is 141 Å². The van der Waals surface area contributed by atoms with Gasteiger partial charge in [0.15, 0.2) is 5.78 Å². The molecular weight excluding hydrogens is 345 g/mol. The summed E-state index contributed by atoms with van der Waals surface area (Å²) in [6, 6.07) is 4.33. The SMILES string of the molecule is CC(CC(=O)c1ccc(-c2noc(C(F)(F)F)n2)cc1Cl)C1CC1. The van der Waals surface area contributed by atoms with Gasteiger partial charge in [-0.25, -0.2) is 0 Å². The summed E-state index contributed by atoms with van der Waals surface area (Å²) in [5.41, 5.74) is 0.610. The molecule has 0 spiro atoms. The van der Waals surface area contributed by atoms with Crippen molar-refractivity contribution in [1.29, 1.82) is 0 Å². The van der Waals surface area contributed by atoms with Crippen LogP contribution in [0.1, 0.15) is 42.4 Å². The normalized spacial score (nSPS) is 16.2. The molecule has 1 heterocycles. The molecular formula is C16H14ClF3N2O2. The van der Waals surface area contributed by atoms with Crippen LogP contribution in [-0.2, 0) is 6.18 Å². The standard InChI is InChI=1S/C16H14ClF3N2O2/c1-8(9-2-3-9)6-13(23)11-5-4-10(7-12(11)17)14-21-15(24-22-14)16(18,19)20/h4-5,7-9H,2-3,6H2,1H3. The zero-order valence-electron chi connectivity index (χ0n) is 12.7. The van der Waals surface area contributed by atoms with E-state index in [0.717, 1.165) is 12.8 Å². The van der Waals surface area contributed by atoms with Gasteiger partial charge in [-0.2, -0.15) is 18.2 Å². The lowest BCUT2D eigenvalue weighted by Crippen LogP contribution is -2.08. The first kappa shape index (κ1) is 17.0. The fourth-order valence-corrected chi connectivity index (χ4v) is 2.86. The lowest BCUT2D eigenvalue weighted by atomic mass is 9.95. The fourth-order valence-electron chi connectivity index (χ4n) is 2.57. The van der Waals surface area contributed by atoms with Crippen molar-refractivity contribution in [1.82, 2.24) is 10.1 Å². The Morgan fingerprint density at radius 2 is 2.12 bits per heavy atom. The lowest BCUT2D eigenvalue weighted by molar-refractivity contribution is -0.159. The van der Waals surface area contributed by atoms with E-state index in [1.54, 1.807) is 0 Å². The van der Waals surface area contributed by atoms with Gasteiger partial charge in [-0.15, -0.1) is 0 Å². The summed E-state index contributed by atoms with van der Waals surface area (Å²) >= 11 is 6.12. The molecule has 0 N–H and O–H groups in total. The van der Waals surface area contributed by atoms with Crippen molar-refractivity contribution in [2.75, 3.05) is 0 Å². The maximum atomic E-state index is 12.5. The first-order valence-corrected chi connectivity index (χ1v) is 7.87. The van der Waals surface area contributed by atoms with Crippen molar-refractivity contribution in [3.05, 3.63) is 34.7 Å². The van der Waals surface area contributed by atoms with Crippen LogP contribution in [0.3, 0.4) is 0 Å². The third-order valence-corrected chi connectivity index (χ3v) is 4.44. The molecule has 0 radical (unpaired) electrons. The molecule has 128 valence electrons. The minimum atomic E-state index is -4.70. The van der Waals surface area contributed by atoms with Gasteiger partial charge in [0.05, 0.1) is 5.02 Å². The number of nitrogens with zero attached hydrogens (tertiary/aromatic N) is 2. The van der Waals surface area contributed by atoms with Gasteiger partial charge in [-0.1, -0.05) is 29.7 Å². The van der Waals surface area contributed by atoms with E-state index in [0.29, 0.717) is 23.8 Å². The van der Waals surface area contributed by atoms with Crippen LogP contribution in [0, 0.1) is 11.8 Å². The highest BCUT2D eigenvalue weighted by Gasteiger charge is 2.38. The number of ketones is 1. The van der Waals surface area contributed by atoms with Gasteiger partial charge < -0.3 is 4.52 Å². The molecule has 4 nitrogen and oxygen atoms in total. The van der Waals surface area contributed by atoms with Gasteiger partial charge >= 0.3 is 12.1 Å². The van der Waals surface area contributed by atoms with Crippen LogP contribution in [0.2, 0.25) is 5.02 Å². The Morgan fingerprint density at radius 1 is 1.42 bits per heavy atom. The number of Topliss-reactive ketones (excluding diaryl/α,β-unsaturated/α-hetero) is 1. The predicted molar refractivity (Wildman–Crippen MR) is 80.6 cm³/mol. The Morgan fingerprint density at radius 3 is 2.67 bits per heavy atom. The van der Waals surface area contributed by atoms with Crippen LogP contribution in [0.25, 0.3) is 11.4 Å². The van der Waals surface area contributed by atoms with Crippen LogP contribution in [0.15, 0.2) is 22.7 Å². The van der Waals surface area contributed by atoms with Crippen molar-refractivity contribution in [3.63, 3.8) is 0 Å². The van der Waals surface area contributed by atoms with Crippen LogP contribution in [0.5, 0.6) is 0 Å². The molecule has 0 saturated heterocycles. The zero-order valence-corrected chi connectivity index (χ0v) is 13.5. The van der Waals surface area contributed by atoms with Gasteiger partial charge in [0.1, 0.15) is 0 Å². The van der Waals surface area contributed by atoms with E-state index in [1.807, 2.05) is 6.92 Å². The molecule has 1 aromatic heterocycles. The molecule has 3 rings (SSSR count). The minimum absolute atomic E-state index is 0.0740. The van der Waals surface area contributed by atoms with Gasteiger partial charge in [0.25, 0.3) is 0 Å². The lowest BCUT2D eigenvalue weighted by Gasteiger charge is -2.10. The van der Waals surface area contributed by atoms with Crippen molar-refractivity contribution in [2.45, 2.75) is 32.4 Å². The van der Waals surface area contributed by atoms with Crippen molar-refractivity contribution >= 4 is 17.4 Å². The highest BCUT2D eigenvalue weighted by Crippen LogP contribution is 2.39. The second kappa shape index (κ2) is 6.20. The molecule has 1 aliphatic rings. The molecule has 8 heteroatoms. The zero-order chi connectivity index (χ0) is 17.5. The maximum absolute atomic E-state index is 12.5. The van der Waals surface area contributed by atoms with Crippen LogP contribution >= 0.6 is 11.6 Å². The summed E-state index contributed by atoms with van der Waals surface area (Å²) in [7, 11) is 0. The van der Waals surface area contributed by atoms with Crippen LogP contribution in [-0.4, -0.2) is 15.9 Å². The van der Waals surface area contributed by atoms with E-state index in [9.17, 15) is 18.0 Å². The van der Waals surface area contributed by atoms with Gasteiger partial charge in [-0.3, -0.25) is 4.79 Å². The second-order valence-electron chi connectivity index (χ2n) is 6.06. The fraction of sp³-hybridized carbons (Fsp3) is 0.438. The summed E-state index contributed by atoms with van der Waals surface area (Å²) in [6.45, 7) is 2.04. The van der Waals surface area contributed by atoms with Crippen LogP contribution in [0.4, 0.5) is 13.2 Å². The molecule has 1 unspecified atom stereocenters. The molecule has 2 aromatic rings.